The van der Waals surface area contributed by atoms with Crippen molar-refractivity contribution in [2.45, 2.75) is 13.0 Å². The molecule has 3 aromatic rings. The van der Waals surface area contributed by atoms with Crippen molar-refractivity contribution in [1.82, 2.24) is 10.3 Å². The summed E-state index contributed by atoms with van der Waals surface area (Å²) in [4.78, 5) is 16.7. The second-order valence-electron chi connectivity index (χ2n) is 5.64. The summed E-state index contributed by atoms with van der Waals surface area (Å²) in [7, 11) is 3.21. The molecular weight excluding hydrogens is 348 g/mol. The quantitative estimate of drug-likeness (QED) is 0.691. The first-order valence-electron chi connectivity index (χ1n) is 8.17. The molecule has 0 aliphatic rings. The van der Waals surface area contributed by atoms with E-state index < -0.39 is 0 Å². The van der Waals surface area contributed by atoms with E-state index in [4.69, 9.17) is 9.47 Å². The molecule has 1 aromatic heterocycles. The molecule has 26 heavy (non-hydrogen) atoms. The lowest BCUT2D eigenvalue weighted by atomic mass is 10.1. The average molecular weight is 368 g/mol. The molecular formula is C20H20N2O3S. The molecule has 0 aliphatic carbocycles. The number of hydrogen-bond donors (Lipinski definition) is 1. The third-order valence-corrected chi connectivity index (χ3v) is 4.72. The summed E-state index contributed by atoms with van der Waals surface area (Å²) in [5, 5.41) is 5.64. The fourth-order valence-electron chi connectivity index (χ4n) is 2.52. The Hall–Kier alpha value is -2.86. The highest BCUT2D eigenvalue weighted by atomic mass is 32.1. The first-order chi connectivity index (χ1) is 12.7. The van der Waals surface area contributed by atoms with Gasteiger partial charge in [0.25, 0.3) is 0 Å². The minimum atomic E-state index is -0.0398. The predicted octanol–water partition coefficient (Wildman–Crippen LogP) is 3.69. The lowest BCUT2D eigenvalue weighted by Crippen LogP contribution is -2.24. The Balaban J connectivity index is 1.63. The van der Waals surface area contributed by atoms with E-state index in [1.807, 2.05) is 53.9 Å². The van der Waals surface area contributed by atoms with E-state index in [9.17, 15) is 4.79 Å². The molecule has 0 fully saturated rings. The van der Waals surface area contributed by atoms with E-state index in [2.05, 4.69) is 10.3 Å². The molecule has 6 heteroatoms. The van der Waals surface area contributed by atoms with Gasteiger partial charge in [-0.3, -0.25) is 4.79 Å². The van der Waals surface area contributed by atoms with E-state index in [1.54, 1.807) is 14.2 Å². The highest BCUT2D eigenvalue weighted by Gasteiger charge is 2.11. The maximum Gasteiger partial charge on any atom is 0.227 e. The molecule has 134 valence electrons. The van der Waals surface area contributed by atoms with Gasteiger partial charge in [0.05, 0.1) is 26.3 Å². The summed E-state index contributed by atoms with van der Waals surface area (Å²) in [5.41, 5.74) is 2.82. The standard InChI is InChI=1S/C20H20N2O3S/c1-24-17-9-8-15(10-18(17)25-2)16-13-26-20(22-16)11-19(23)21-12-14-6-4-3-5-7-14/h3-10,13H,11-12H2,1-2H3,(H,21,23). The largest absolute Gasteiger partial charge is 0.493 e. The number of aromatic nitrogens is 1. The minimum Gasteiger partial charge on any atom is -0.493 e. The molecule has 2 aromatic carbocycles. The number of carbonyl (C=O) groups is 1. The Morgan fingerprint density at radius 1 is 1.08 bits per heavy atom. The molecule has 0 unspecified atom stereocenters. The van der Waals surface area contributed by atoms with Crippen LogP contribution in [0.4, 0.5) is 0 Å². The van der Waals surface area contributed by atoms with E-state index in [-0.39, 0.29) is 12.3 Å². The Morgan fingerprint density at radius 2 is 1.85 bits per heavy atom. The van der Waals surface area contributed by atoms with Gasteiger partial charge in [0.15, 0.2) is 11.5 Å². The number of nitrogens with zero attached hydrogens (tertiary/aromatic N) is 1. The van der Waals surface area contributed by atoms with Crippen molar-refractivity contribution in [2.24, 2.45) is 0 Å². The van der Waals surface area contributed by atoms with Crippen molar-refractivity contribution in [3.63, 3.8) is 0 Å². The van der Waals surface area contributed by atoms with Crippen molar-refractivity contribution in [2.75, 3.05) is 14.2 Å². The summed E-state index contributed by atoms with van der Waals surface area (Å²) < 4.78 is 10.6. The normalized spacial score (nSPS) is 10.4. The van der Waals surface area contributed by atoms with Crippen LogP contribution in [0.1, 0.15) is 10.6 Å². The van der Waals surface area contributed by atoms with Crippen molar-refractivity contribution in [1.29, 1.82) is 0 Å². The van der Waals surface area contributed by atoms with Crippen LogP contribution in [0.5, 0.6) is 11.5 Å². The van der Waals surface area contributed by atoms with E-state index in [1.165, 1.54) is 11.3 Å². The first-order valence-corrected chi connectivity index (χ1v) is 9.05. The van der Waals surface area contributed by atoms with Crippen molar-refractivity contribution >= 4 is 17.2 Å². The Morgan fingerprint density at radius 3 is 2.58 bits per heavy atom. The van der Waals surface area contributed by atoms with E-state index >= 15 is 0 Å². The van der Waals surface area contributed by atoms with Crippen LogP contribution in [-0.4, -0.2) is 25.1 Å². The predicted molar refractivity (Wildman–Crippen MR) is 103 cm³/mol. The fraction of sp³-hybridized carbons (Fsp3) is 0.200. The van der Waals surface area contributed by atoms with Crippen LogP contribution in [0.2, 0.25) is 0 Å². The third-order valence-electron chi connectivity index (χ3n) is 3.88. The van der Waals surface area contributed by atoms with Crippen molar-refractivity contribution < 1.29 is 14.3 Å². The van der Waals surface area contributed by atoms with Gasteiger partial charge >= 0.3 is 0 Å². The van der Waals surface area contributed by atoms with Gasteiger partial charge in [-0.15, -0.1) is 11.3 Å². The number of thiazole rings is 1. The third kappa shape index (κ3) is 4.40. The Bertz CT molecular complexity index is 878. The highest BCUT2D eigenvalue weighted by molar-refractivity contribution is 7.10. The molecule has 0 spiro atoms. The van der Waals surface area contributed by atoms with Crippen LogP contribution in [0.3, 0.4) is 0 Å². The topological polar surface area (TPSA) is 60.5 Å². The van der Waals surface area contributed by atoms with Crippen molar-refractivity contribution in [3.8, 4) is 22.8 Å². The van der Waals surface area contributed by atoms with Gasteiger partial charge in [0, 0.05) is 17.5 Å². The van der Waals surface area contributed by atoms with Gasteiger partial charge < -0.3 is 14.8 Å². The van der Waals surface area contributed by atoms with Crippen LogP contribution in [0.25, 0.3) is 11.3 Å². The highest BCUT2D eigenvalue weighted by Crippen LogP contribution is 2.32. The summed E-state index contributed by atoms with van der Waals surface area (Å²) >= 11 is 1.47. The minimum absolute atomic E-state index is 0.0398. The molecule has 1 amide bonds. The Kier molecular flexibility index (Phi) is 5.86. The van der Waals surface area contributed by atoms with E-state index in [0.29, 0.717) is 18.0 Å². The second kappa shape index (κ2) is 8.49. The first kappa shape index (κ1) is 17.9. The molecule has 1 heterocycles. The van der Waals surface area contributed by atoms with Gasteiger partial charge in [-0.05, 0) is 23.8 Å². The van der Waals surface area contributed by atoms with Crippen LogP contribution < -0.4 is 14.8 Å². The summed E-state index contributed by atoms with van der Waals surface area (Å²) in [6.45, 7) is 0.521. The van der Waals surface area contributed by atoms with Gasteiger partial charge in [0.2, 0.25) is 5.91 Å². The molecule has 3 rings (SSSR count). The maximum atomic E-state index is 12.1. The van der Waals surface area contributed by atoms with Gasteiger partial charge in [0.1, 0.15) is 5.01 Å². The van der Waals surface area contributed by atoms with Crippen LogP contribution >= 0.6 is 11.3 Å². The number of nitrogens with one attached hydrogen (secondary N) is 1. The SMILES string of the molecule is COc1ccc(-c2csc(CC(=O)NCc3ccccc3)n2)cc1OC. The lowest BCUT2D eigenvalue weighted by Gasteiger charge is -2.08. The molecule has 0 bridgehead atoms. The molecule has 0 atom stereocenters. The Labute approximate surface area is 156 Å². The zero-order chi connectivity index (χ0) is 18.4. The molecule has 0 saturated heterocycles. The van der Waals surface area contributed by atoms with Crippen LogP contribution in [0, 0.1) is 0 Å². The molecule has 5 nitrogen and oxygen atoms in total. The summed E-state index contributed by atoms with van der Waals surface area (Å²) in [5.74, 6) is 1.29. The smallest absolute Gasteiger partial charge is 0.227 e. The molecule has 0 radical (unpaired) electrons. The van der Waals surface area contributed by atoms with Crippen molar-refractivity contribution in [3.05, 3.63) is 64.5 Å². The number of ether oxygens (including phenoxy) is 2. The molecule has 0 aliphatic heterocycles. The average Bonchev–Trinajstić information content (AvgIpc) is 3.15. The van der Waals surface area contributed by atoms with Gasteiger partial charge in [-0.1, -0.05) is 30.3 Å². The number of hydrogen-bond acceptors (Lipinski definition) is 5. The number of methoxy groups -OCH3 is 2. The number of rotatable bonds is 7. The van der Waals surface area contributed by atoms with Crippen LogP contribution in [0.15, 0.2) is 53.9 Å². The molecule has 1 N–H and O–H groups in total. The molecule has 0 saturated carbocycles. The van der Waals surface area contributed by atoms with Gasteiger partial charge in [-0.25, -0.2) is 4.98 Å². The summed E-state index contributed by atoms with van der Waals surface area (Å²) in [6, 6.07) is 15.5. The fourth-order valence-corrected chi connectivity index (χ4v) is 3.32. The lowest BCUT2D eigenvalue weighted by molar-refractivity contribution is -0.120. The number of benzene rings is 2. The zero-order valence-corrected chi connectivity index (χ0v) is 15.5. The summed E-state index contributed by atoms with van der Waals surface area (Å²) in [6.07, 6.45) is 0.269. The van der Waals surface area contributed by atoms with Gasteiger partial charge in [-0.2, -0.15) is 0 Å². The van der Waals surface area contributed by atoms with E-state index in [0.717, 1.165) is 21.8 Å². The monoisotopic (exact) mass is 368 g/mol. The zero-order valence-electron chi connectivity index (χ0n) is 14.7. The maximum absolute atomic E-state index is 12.1. The number of carbonyl (C=O) groups excluding carboxylic acids is 1. The van der Waals surface area contributed by atoms with Crippen LogP contribution in [-0.2, 0) is 17.8 Å². The number of amides is 1. The second-order valence-corrected chi connectivity index (χ2v) is 6.58.